The van der Waals surface area contributed by atoms with E-state index in [1.807, 2.05) is 6.92 Å². The Morgan fingerprint density at radius 3 is 2.72 bits per heavy atom. The van der Waals surface area contributed by atoms with Gasteiger partial charge in [0.25, 0.3) is 0 Å². The van der Waals surface area contributed by atoms with E-state index in [-0.39, 0.29) is 18.3 Å². The molecule has 0 aliphatic heterocycles. The van der Waals surface area contributed by atoms with E-state index in [0.29, 0.717) is 18.0 Å². The number of amides is 1. The van der Waals surface area contributed by atoms with Crippen LogP contribution in [0.4, 0.5) is 0 Å². The van der Waals surface area contributed by atoms with Gasteiger partial charge in [0, 0.05) is 6.20 Å². The van der Waals surface area contributed by atoms with E-state index in [1.165, 1.54) is 0 Å². The zero-order chi connectivity index (χ0) is 12.9. The lowest BCUT2D eigenvalue weighted by atomic mass is 9.96. The van der Waals surface area contributed by atoms with E-state index in [1.54, 1.807) is 25.3 Å². The maximum atomic E-state index is 11.8. The first kappa shape index (κ1) is 17.2. The minimum Gasteiger partial charge on any atom is -0.349 e. The summed E-state index contributed by atoms with van der Waals surface area (Å²) in [4.78, 5) is 15.9. The minimum atomic E-state index is -0.818. The summed E-state index contributed by atoms with van der Waals surface area (Å²) in [6.07, 6.45) is 3.09. The van der Waals surface area contributed by atoms with Crippen molar-refractivity contribution >= 4 is 29.9 Å². The highest BCUT2D eigenvalue weighted by molar-refractivity contribution is 6.30. The second kappa shape index (κ2) is 7.56. The zero-order valence-corrected chi connectivity index (χ0v) is 12.1. The van der Waals surface area contributed by atoms with Crippen molar-refractivity contribution in [3.63, 3.8) is 0 Å². The van der Waals surface area contributed by atoms with Gasteiger partial charge in [0.15, 0.2) is 0 Å². The average molecular weight is 292 g/mol. The van der Waals surface area contributed by atoms with Gasteiger partial charge in [0.2, 0.25) is 5.91 Å². The molecule has 1 rings (SSSR count). The van der Waals surface area contributed by atoms with Crippen LogP contribution in [0, 0.1) is 0 Å². The Morgan fingerprint density at radius 2 is 2.22 bits per heavy atom. The molecular formula is C12H19Cl2N3O. The zero-order valence-electron chi connectivity index (χ0n) is 10.6. The smallest absolute Gasteiger partial charge is 0.240 e. The largest absolute Gasteiger partial charge is 0.349 e. The number of aromatic nitrogens is 1. The Bertz CT molecular complexity index is 379. The molecule has 1 atom stereocenters. The van der Waals surface area contributed by atoms with Crippen LogP contribution in [-0.2, 0) is 11.3 Å². The Labute approximate surface area is 119 Å². The standard InChI is InChI=1S/C12H18ClN3O.ClH/c1-3-6-12(2,14)11(17)16-8-10-5-4-9(13)7-15-10;/h4-5,7H,3,6,8,14H2,1-2H3,(H,16,17);1H. The molecule has 1 amide bonds. The van der Waals surface area contributed by atoms with Gasteiger partial charge in [-0.15, -0.1) is 12.4 Å². The number of nitrogens with two attached hydrogens (primary N) is 1. The van der Waals surface area contributed by atoms with Gasteiger partial charge in [0.05, 0.1) is 22.8 Å². The third-order valence-electron chi connectivity index (χ3n) is 2.51. The van der Waals surface area contributed by atoms with Crippen LogP contribution in [0.2, 0.25) is 5.02 Å². The minimum absolute atomic E-state index is 0. The molecule has 102 valence electrons. The molecular weight excluding hydrogens is 273 g/mol. The Hall–Kier alpha value is -0.840. The molecule has 4 nitrogen and oxygen atoms in total. The third-order valence-corrected chi connectivity index (χ3v) is 2.73. The van der Waals surface area contributed by atoms with E-state index >= 15 is 0 Å². The summed E-state index contributed by atoms with van der Waals surface area (Å²) in [7, 11) is 0. The van der Waals surface area contributed by atoms with E-state index in [4.69, 9.17) is 17.3 Å². The Kier molecular flexibility index (Phi) is 7.21. The molecule has 0 aliphatic carbocycles. The Balaban J connectivity index is 0.00000289. The van der Waals surface area contributed by atoms with Gasteiger partial charge in [0.1, 0.15) is 0 Å². The fraction of sp³-hybridized carbons (Fsp3) is 0.500. The second-order valence-corrected chi connectivity index (χ2v) is 4.75. The van der Waals surface area contributed by atoms with Crippen molar-refractivity contribution in [1.82, 2.24) is 10.3 Å². The van der Waals surface area contributed by atoms with Crippen molar-refractivity contribution in [2.24, 2.45) is 5.73 Å². The predicted octanol–water partition coefficient (Wildman–Crippen LogP) is 2.29. The topological polar surface area (TPSA) is 68.0 Å². The van der Waals surface area contributed by atoms with Crippen molar-refractivity contribution in [2.45, 2.75) is 38.8 Å². The van der Waals surface area contributed by atoms with Gasteiger partial charge in [-0.2, -0.15) is 0 Å². The SMILES string of the molecule is CCCC(C)(N)C(=O)NCc1ccc(Cl)cn1.Cl. The van der Waals surface area contributed by atoms with Crippen molar-refractivity contribution in [3.8, 4) is 0 Å². The molecule has 0 spiro atoms. The number of pyridine rings is 1. The Morgan fingerprint density at radius 1 is 1.56 bits per heavy atom. The predicted molar refractivity (Wildman–Crippen MR) is 75.8 cm³/mol. The van der Waals surface area contributed by atoms with Gasteiger partial charge in [-0.05, 0) is 25.5 Å². The molecule has 0 radical (unpaired) electrons. The summed E-state index contributed by atoms with van der Waals surface area (Å²) < 4.78 is 0. The monoisotopic (exact) mass is 291 g/mol. The van der Waals surface area contributed by atoms with Crippen LogP contribution in [0.15, 0.2) is 18.3 Å². The van der Waals surface area contributed by atoms with E-state index in [0.717, 1.165) is 12.1 Å². The molecule has 0 fully saturated rings. The first-order valence-electron chi connectivity index (χ1n) is 5.63. The quantitative estimate of drug-likeness (QED) is 0.875. The molecule has 1 aromatic heterocycles. The molecule has 0 aliphatic rings. The lowest BCUT2D eigenvalue weighted by molar-refractivity contribution is -0.126. The van der Waals surface area contributed by atoms with Gasteiger partial charge in [-0.25, -0.2) is 0 Å². The van der Waals surface area contributed by atoms with Crippen LogP contribution >= 0.6 is 24.0 Å². The van der Waals surface area contributed by atoms with E-state index in [2.05, 4.69) is 10.3 Å². The lowest BCUT2D eigenvalue weighted by Crippen LogP contribution is -2.51. The lowest BCUT2D eigenvalue weighted by Gasteiger charge is -2.22. The summed E-state index contributed by atoms with van der Waals surface area (Å²) in [5.41, 5.74) is 5.85. The molecule has 0 saturated heterocycles. The molecule has 1 unspecified atom stereocenters. The molecule has 0 saturated carbocycles. The summed E-state index contributed by atoms with van der Waals surface area (Å²) >= 11 is 5.72. The van der Waals surface area contributed by atoms with Crippen molar-refractivity contribution in [3.05, 3.63) is 29.0 Å². The van der Waals surface area contributed by atoms with Crippen molar-refractivity contribution < 1.29 is 4.79 Å². The number of nitrogens with one attached hydrogen (secondary N) is 1. The number of carbonyl (C=O) groups excluding carboxylic acids is 1. The van der Waals surface area contributed by atoms with E-state index in [9.17, 15) is 4.79 Å². The highest BCUT2D eigenvalue weighted by Gasteiger charge is 2.26. The molecule has 6 heteroatoms. The molecule has 0 aromatic carbocycles. The number of hydrogen-bond donors (Lipinski definition) is 2. The molecule has 0 bridgehead atoms. The highest BCUT2D eigenvalue weighted by atomic mass is 35.5. The molecule has 18 heavy (non-hydrogen) atoms. The van der Waals surface area contributed by atoms with Crippen molar-refractivity contribution in [2.75, 3.05) is 0 Å². The maximum Gasteiger partial charge on any atom is 0.240 e. The van der Waals surface area contributed by atoms with Gasteiger partial charge in [-0.1, -0.05) is 24.9 Å². The summed E-state index contributed by atoms with van der Waals surface area (Å²) in [6, 6.07) is 3.51. The van der Waals surface area contributed by atoms with Gasteiger partial charge >= 0.3 is 0 Å². The van der Waals surface area contributed by atoms with Crippen molar-refractivity contribution in [1.29, 1.82) is 0 Å². The number of carbonyl (C=O) groups is 1. The van der Waals surface area contributed by atoms with Gasteiger partial charge < -0.3 is 11.1 Å². The van der Waals surface area contributed by atoms with Crippen LogP contribution in [0.1, 0.15) is 32.4 Å². The van der Waals surface area contributed by atoms with E-state index < -0.39 is 5.54 Å². The number of hydrogen-bond acceptors (Lipinski definition) is 3. The first-order valence-corrected chi connectivity index (χ1v) is 6.01. The van der Waals surface area contributed by atoms with Gasteiger partial charge in [-0.3, -0.25) is 9.78 Å². The normalized spacial score (nSPS) is 13.3. The number of rotatable bonds is 5. The maximum absolute atomic E-state index is 11.8. The van der Waals surface area contributed by atoms with Crippen LogP contribution < -0.4 is 11.1 Å². The molecule has 1 aromatic rings. The first-order chi connectivity index (χ1) is 7.95. The van der Waals surface area contributed by atoms with Crippen LogP contribution in [-0.4, -0.2) is 16.4 Å². The summed E-state index contributed by atoms with van der Waals surface area (Å²) in [5.74, 6) is -0.156. The highest BCUT2D eigenvalue weighted by Crippen LogP contribution is 2.09. The van der Waals surface area contributed by atoms with Crippen LogP contribution in [0.25, 0.3) is 0 Å². The van der Waals surface area contributed by atoms with Crippen LogP contribution in [0.3, 0.4) is 0 Å². The number of halogens is 2. The third kappa shape index (κ3) is 5.21. The summed E-state index contributed by atoms with van der Waals surface area (Å²) in [5, 5.41) is 3.35. The second-order valence-electron chi connectivity index (χ2n) is 4.32. The summed E-state index contributed by atoms with van der Waals surface area (Å²) in [6.45, 7) is 4.10. The molecule has 3 N–H and O–H groups in total. The fourth-order valence-electron chi connectivity index (χ4n) is 1.52. The molecule has 1 heterocycles. The number of nitrogens with zero attached hydrogens (tertiary/aromatic N) is 1. The fourth-order valence-corrected chi connectivity index (χ4v) is 1.63. The average Bonchev–Trinajstić information content (AvgIpc) is 2.27. The van der Waals surface area contributed by atoms with Crippen LogP contribution in [0.5, 0.6) is 0 Å².